The Morgan fingerprint density at radius 3 is 3.00 bits per heavy atom. The van der Waals surface area contributed by atoms with E-state index in [0.29, 0.717) is 16.3 Å². The molecule has 21 heavy (non-hydrogen) atoms. The molecule has 106 valence electrons. The minimum absolute atomic E-state index is 0.144. The maximum atomic E-state index is 11.5. The highest BCUT2D eigenvalue weighted by Gasteiger charge is 2.10. The highest BCUT2D eigenvalue weighted by molar-refractivity contribution is 6.33. The zero-order valence-electron chi connectivity index (χ0n) is 10.8. The molecule has 0 spiro atoms. The van der Waals surface area contributed by atoms with Crippen LogP contribution in [0.15, 0.2) is 24.4 Å². The SMILES string of the molecule is COC(=O)c1ccc(Cl)c(NC=C(C#N)c2nn[nH]n2)c1. The number of esters is 1. The molecule has 0 atom stereocenters. The molecule has 2 rings (SSSR count). The van der Waals surface area contributed by atoms with Gasteiger partial charge in [-0.1, -0.05) is 11.6 Å². The second-order valence-electron chi connectivity index (χ2n) is 3.74. The molecular weight excluding hydrogens is 296 g/mol. The monoisotopic (exact) mass is 304 g/mol. The average Bonchev–Trinajstić information content (AvgIpc) is 3.03. The van der Waals surface area contributed by atoms with E-state index in [4.69, 9.17) is 16.9 Å². The van der Waals surface area contributed by atoms with E-state index in [1.54, 1.807) is 6.07 Å². The molecule has 8 nitrogen and oxygen atoms in total. The normalized spacial score (nSPS) is 10.8. The Morgan fingerprint density at radius 2 is 2.38 bits per heavy atom. The van der Waals surface area contributed by atoms with E-state index in [-0.39, 0.29) is 11.4 Å². The summed E-state index contributed by atoms with van der Waals surface area (Å²) in [6, 6.07) is 6.51. The number of allylic oxidation sites excluding steroid dienone is 1. The van der Waals surface area contributed by atoms with Crippen molar-refractivity contribution in [3.8, 4) is 6.07 Å². The topological polar surface area (TPSA) is 117 Å². The van der Waals surface area contributed by atoms with Crippen molar-refractivity contribution in [1.29, 1.82) is 5.26 Å². The van der Waals surface area contributed by atoms with Gasteiger partial charge in [0.2, 0.25) is 5.82 Å². The van der Waals surface area contributed by atoms with Gasteiger partial charge in [-0.25, -0.2) is 4.79 Å². The van der Waals surface area contributed by atoms with Crippen molar-refractivity contribution < 1.29 is 9.53 Å². The zero-order valence-corrected chi connectivity index (χ0v) is 11.5. The molecule has 1 aromatic heterocycles. The average molecular weight is 305 g/mol. The molecule has 0 saturated carbocycles. The van der Waals surface area contributed by atoms with Gasteiger partial charge in [0, 0.05) is 6.20 Å². The maximum absolute atomic E-state index is 11.5. The number of anilines is 1. The number of benzene rings is 1. The number of nitrogens with one attached hydrogen (secondary N) is 2. The molecular formula is C12H9ClN6O2. The van der Waals surface area contributed by atoms with E-state index >= 15 is 0 Å². The van der Waals surface area contributed by atoms with Crippen molar-refractivity contribution in [3.05, 3.63) is 40.8 Å². The lowest BCUT2D eigenvalue weighted by Gasteiger charge is -2.06. The number of tetrazole rings is 1. The number of nitrogens with zero attached hydrogens (tertiary/aromatic N) is 4. The largest absolute Gasteiger partial charge is 0.465 e. The highest BCUT2D eigenvalue weighted by atomic mass is 35.5. The molecule has 0 aliphatic rings. The summed E-state index contributed by atoms with van der Waals surface area (Å²) in [4.78, 5) is 11.5. The number of carbonyl (C=O) groups is 1. The van der Waals surface area contributed by atoms with Crippen LogP contribution < -0.4 is 5.32 Å². The lowest BCUT2D eigenvalue weighted by atomic mass is 10.2. The molecule has 0 radical (unpaired) electrons. The summed E-state index contributed by atoms with van der Waals surface area (Å²) in [5.74, 6) is -0.345. The molecule has 0 unspecified atom stereocenters. The van der Waals surface area contributed by atoms with E-state index in [1.807, 2.05) is 6.07 Å². The summed E-state index contributed by atoms with van der Waals surface area (Å²) in [7, 11) is 1.29. The number of H-pyrrole nitrogens is 1. The van der Waals surface area contributed by atoms with Crippen LogP contribution in [0.4, 0.5) is 5.69 Å². The van der Waals surface area contributed by atoms with E-state index in [0.717, 1.165) is 0 Å². The fourth-order valence-corrected chi connectivity index (χ4v) is 1.63. The molecule has 1 heterocycles. The number of halogens is 1. The number of aromatic amines is 1. The van der Waals surface area contributed by atoms with Crippen LogP contribution in [0, 0.1) is 11.3 Å². The second-order valence-corrected chi connectivity index (χ2v) is 4.14. The minimum Gasteiger partial charge on any atom is -0.465 e. The summed E-state index contributed by atoms with van der Waals surface area (Å²) in [5.41, 5.74) is 0.926. The maximum Gasteiger partial charge on any atom is 0.337 e. The van der Waals surface area contributed by atoms with Crippen molar-refractivity contribution in [2.24, 2.45) is 0 Å². The van der Waals surface area contributed by atoms with Gasteiger partial charge >= 0.3 is 5.97 Å². The van der Waals surface area contributed by atoms with Crippen molar-refractivity contribution >= 4 is 28.8 Å². The number of ether oxygens (including phenoxy) is 1. The first-order chi connectivity index (χ1) is 10.2. The van der Waals surface area contributed by atoms with Crippen molar-refractivity contribution in [2.45, 2.75) is 0 Å². The van der Waals surface area contributed by atoms with Gasteiger partial charge in [0.05, 0.1) is 23.4 Å². The lowest BCUT2D eigenvalue weighted by Crippen LogP contribution is -2.02. The number of aromatic nitrogens is 4. The molecule has 2 N–H and O–H groups in total. The van der Waals surface area contributed by atoms with Gasteiger partial charge < -0.3 is 10.1 Å². The van der Waals surface area contributed by atoms with E-state index in [1.165, 1.54) is 25.4 Å². The van der Waals surface area contributed by atoms with Crippen LogP contribution in [0.2, 0.25) is 5.02 Å². The first kappa shape index (κ1) is 14.5. The van der Waals surface area contributed by atoms with Crippen molar-refractivity contribution in [3.63, 3.8) is 0 Å². The molecule has 0 aliphatic carbocycles. The first-order valence-electron chi connectivity index (χ1n) is 5.64. The summed E-state index contributed by atoms with van der Waals surface area (Å²) in [5, 5.41) is 25.3. The van der Waals surface area contributed by atoms with Gasteiger partial charge in [0.15, 0.2) is 0 Å². The van der Waals surface area contributed by atoms with Crippen LogP contribution >= 0.6 is 11.6 Å². The van der Waals surface area contributed by atoms with Crippen LogP contribution in [-0.4, -0.2) is 33.7 Å². The zero-order chi connectivity index (χ0) is 15.2. The highest BCUT2D eigenvalue weighted by Crippen LogP contribution is 2.24. The molecule has 0 bridgehead atoms. The third-order valence-electron chi connectivity index (χ3n) is 2.47. The molecule has 2 aromatic rings. The van der Waals surface area contributed by atoms with E-state index < -0.39 is 5.97 Å². The van der Waals surface area contributed by atoms with Gasteiger partial charge in [0.25, 0.3) is 0 Å². The quantitative estimate of drug-likeness (QED) is 0.651. The molecule has 0 amide bonds. The van der Waals surface area contributed by atoms with Gasteiger partial charge in [-0.15, -0.1) is 10.2 Å². The Balaban J connectivity index is 2.27. The Bertz CT molecular complexity index is 720. The summed E-state index contributed by atoms with van der Waals surface area (Å²) in [6.45, 7) is 0. The molecule has 9 heteroatoms. The molecule has 0 fully saturated rings. The standard InChI is InChI=1S/C12H9ClN6O2/c1-21-12(20)7-2-3-9(13)10(4-7)15-6-8(5-14)11-16-18-19-17-11/h2-4,6,15H,1H3,(H,16,17,18,19). The Labute approximate surface area is 124 Å². The van der Waals surface area contributed by atoms with E-state index in [2.05, 4.69) is 30.7 Å². The Morgan fingerprint density at radius 1 is 1.57 bits per heavy atom. The second kappa shape index (κ2) is 6.49. The number of nitriles is 1. The Kier molecular flexibility index (Phi) is 4.48. The molecule has 0 saturated heterocycles. The van der Waals surface area contributed by atoms with Crippen LogP contribution in [0.25, 0.3) is 5.57 Å². The molecule has 1 aromatic carbocycles. The number of rotatable bonds is 4. The van der Waals surface area contributed by atoms with Gasteiger partial charge in [-0.05, 0) is 23.4 Å². The van der Waals surface area contributed by atoms with Crippen LogP contribution in [0.5, 0.6) is 0 Å². The summed E-state index contributed by atoms with van der Waals surface area (Å²) in [6.07, 6.45) is 1.37. The number of hydrogen-bond acceptors (Lipinski definition) is 7. The van der Waals surface area contributed by atoms with Crippen LogP contribution in [-0.2, 0) is 4.74 Å². The predicted molar refractivity (Wildman–Crippen MR) is 74.2 cm³/mol. The number of carbonyl (C=O) groups excluding carboxylic acids is 1. The summed E-state index contributed by atoms with van der Waals surface area (Å²) >= 11 is 6.02. The van der Waals surface area contributed by atoms with Crippen molar-refractivity contribution in [1.82, 2.24) is 20.6 Å². The number of methoxy groups -OCH3 is 1. The third-order valence-corrected chi connectivity index (χ3v) is 2.80. The first-order valence-corrected chi connectivity index (χ1v) is 6.02. The van der Waals surface area contributed by atoms with Gasteiger partial charge in [-0.3, -0.25) is 0 Å². The smallest absolute Gasteiger partial charge is 0.337 e. The fourth-order valence-electron chi connectivity index (χ4n) is 1.45. The Hall–Kier alpha value is -2.92. The minimum atomic E-state index is -0.489. The number of hydrogen-bond donors (Lipinski definition) is 2. The van der Waals surface area contributed by atoms with Gasteiger partial charge in [-0.2, -0.15) is 10.5 Å². The van der Waals surface area contributed by atoms with Crippen molar-refractivity contribution in [2.75, 3.05) is 12.4 Å². The lowest BCUT2D eigenvalue weighted by molar-refractivity contribution is 0.0601. The summed E-state index contributed by atoms with van der Waals surface area (Å²) < 4.78 is 4.63. The van der Waals surface area contributed by atoms with Gasteiger partial charge in [0.1, 0.15) is 11.6 Å². The molecule has 0 aliphatic heterocycles. The van der Waals surface area contributed by atoms with Crippen LogP contribution in [0.3, 0.4) is 0 Å². The third kappa shape index (κ3) is 3.34. The predicted octanol–water partition coefficient (Wildman–Crippen LogP) is 1.62. The van der Waals surface area contributed by atoms with Crippen LogP contribution in [0.1, 0.15) is 16.2 Å². The fraction of sp³-hybridized carbons (Fsp3) is 0.0833. The van der Waals surface area contributed by atoms with E-state index in [9.17, 15) is 4.79 Å².